The third-order valence-corrected chi connectivity index (χ3v) is 4.17. The molecular weight excluding hydrogens is 366 g/mol. The first-order valence-corrected chi connectivity index (χ1v) is 10.5. The van der Waals surface area contributed by atoms with Crippen LogP contribution in [0, 0.1) is 5.92 Å². The van der Waals surface area contributed by atoms with Gasteiger partial charge in [0.05, 0.1) is 5.92 Å². The van der Waals surface area contributed by atoms with E-state index >= 15 is 0 Å². The van der Waals surface area contributed by atoms with Gasteiger partial charge in [0.2, 0.25) is 0 Å². The zero-order chi connectivity index (χ0) is 21.5. The number of rotatable bonds is 12. The van der Waals surface area contributed by atoms with E-state index in [2.05, 4.69) is 38.2 Å². The Bertz CT molecular complexity index is 634. The highest BCUT2D eigenvalue weighted by atomic mass is 16.7. The standard InChI is InChI=1S/C24H35NO4/c1-5-7-9-14-18-25(19-15-10-8-6-2)24(27)29-23(28-22(26)20(3)4)21-16-12-11-13-17-21/h7-13,16-17,20,23H,5-6,14-15,18-19H2,1-4H3. The number of amides is 1. The molecule has 160 valence electrons. The van der Waals surface area contributed by atoms with Crippen molar-refractivity contribution < 1.29 is 19.1 Å². The Hall–Kier alpha value is -2.56. The largest absolute Gasteiger partial charge is 0.420 e. The minimum atomic E-state index is -1.06. The Balaban J connectivity index is 2.88. The number of hydrogen-bond acceptors (Lipinski definition) is 4. The molecule has 1 atom stereocenters. The van der Waals surface area contributed by atoms with Crippen molar-refractivity contribution in [1.29, 1.82) is 0 Å². The van der Waals surface area contributed by atoms with E-state index in [0.29, 0.717) is 18.7 Å². The maximum atomic E-state index is 12.9. The Morgan fingerprint density at radius 1 is 0.897 bits per heavy atom. The van der Waals surface area contributed by atoms with Gasteiger partial charge in [-0.15, -0.1) is 0 Å². The predicted octanol–water partition coefficient (Wildman–Crippen LogP) is 6.04. The summed E-state index contributed by atoms with van der Waals surface area (Å²) in [6, 6.07) is 9.07. The molecule has 0 fully saturated rings. The molecule has 0 saturated carbocycles. The van der Waals surface area contributed by atoms with Crippen molar-refractivity contribution in [3.8, 4) is 0 Å². The average Bonchev–Trinajstić information content (AvgIpc) is 2.72. The maximum Gasteiger partial charge on any atom is 0.413 e. The fourth-order valence-electron chi connectivity index (χ4n) is 2.50. The van der Waals surface area contributed by atoms with Crippen LogP contribution in [0.25, 0.3) is 0 Å². The highest BCUT2D eigenvalue weighted by Gasteiger charge is 2.25. The van der Waals surface area contributed by atoms with Gasteiger partial charge in [0.25, 0.3) is 6.29 Å². The summed E-state index contributed by atoms with van der Waals surface area (Å²) in [6.45, 7) is 8.75. The summed E-state index contributed by atoms with van der Waals surface area (Å²) in [4.78, 5) is 26.7. The molecule has 1 aromatic carbocycles. The van der Waals surface area contributed by atoms with Crippen molar-refractivity contribution in [3.05, 3.63) is 60.2 Å². The summed E-state index contributed by atoms with van der Waals surface area (Å²) >= 11 is 0. The minimum absolute atomic E-state index is 0.311. The Kier molecular flexibility index (Phi) is 12.2. The lowest BCUT2D eigenvalue weighted by Gasteiger charge is -2.25. The van der Waals surface area contributed by atoms with Gasteiger partial charge in [-0.05, 0) is 25.7 Å². The summed E-state index contributed by atoms with van der Waals surface area (Å²) in [6.07, 6.45) is 10.2. The minimum Gasteiger partial charge on any atom is -0.420 e. The summed E-state index contributed by atoms with van der Waals surface area (Å²) in [5.41, 5.74) is 0.631. The predicted molar refractivity (Wildman–Crippen MR) is 116 cm³/mol. The van der Waals surface area contributed by atoms with Gasteiger partial charge in [-0.25, -0.2) is 4.79 Å². The van der Waals surface area contributed by atoms with Crippen molar-refractivity contribution in [2.45, 2.75) is 59.7 Å². The van der Waals surface area contributed by atoms with E-state index in [4.69, 9.17) is 9.47 Å². The van der Waals surface area contributed by atoms with Gasteiger partial charge >= 0.3 is 12.1 Å². The second-order valence-electron chi connectivity index (χ2n) is 7.04. The van der Waals surface area contributed by atoms with Crippen LogP contribution in [0.15, 0.2) is 54.6 Å². The summed E-state index contributed by atoms with van der Waals surface area (Å²) in [5, 5.41) is 0. The van der Waals surface area contributed by atoms with Crippen LogP contribution in [0.5, 0.6) is 0 Å². The van der Waals surface area contributed by atoms with E-state index < -0.39 is 18.4 Å². The monoisotopic (exact) mass is 401 g/mol. The molecule has 29 heavy (non-hydrogen) atoms. The van der Waals surface area contributed by atoms with Crippen LogP contribution < -0.4 is 0 Å². The first-order valence-electron chi connectivity index (χ1n) is 10.5. The van der Waals surface area contributed by atoms with E-state index in [1.54, 1.807) is 30.9 Å². The molecule has 0 aliphatic carbocycles. The number of nitrogens with zero attached hydrogens (tertiary/aromatic N) is 1. The molecule has 0 spiro atoms. The number of allylic oxidation sites excluding steroid dienone is 2. The number of carbonyl (C=O) groups excluding carboxylic acids is 2. The van der Waals surface area contributed by atoms with Crippen molar-refractivity contribution in [2.24, 2.45) is 5.92 Å². The zero-order valence-corrected chi connectivity index (χ0v) is 18.2. The zero-order valence-electron chi connectivity index (χ0n) is 18.2. The highest BCUT2D eigenvalue weighted by Crippen LogP contribution is 2.22. The van der Waals surface area contributed by atoms with Gasteiger partial charge in [0.15, 0.2) is 0 Å². The fourth-order valence-corrected chi connectivity index (χ4v) is 2.50. The van der Waals surface area contributed by atoms with Gasteiger partial charge < -0.3 is 14.4 Å². The summed E-state index contributed by atoms with van der Waals surface area (Å²) in [5.74, 6) is -0.718. The summed E-state index contributed by atoms with van der Waals surface area (Å²) < 4.78 is 11.1. The van der Waals surface area contributed by atoms with Gasteiger partial charge in [0, 0.05) is 18.7 Å². The van der Waals surface area contributed by atoms with Crippen molar-refractivity contribution in [3.63, 3.8) is 0 Å². The van der Waals surface area contributed by atoms with Crippen LogP contribution >= 0.6 is 0 Å². The molecule has 0 aromatic heterocycles. The lowest BCUT2D eigenvalue weighted by molar-refractivity contribution is -0.174. The lowest BCUT2D eigenvalue weighted by atomic mass is 10.2. The maximum absolute atomic E-state index is 12.9. The summed E-state index contributed by atoms with van der Waals surface area (Å²) in [7, 11) is 0. The number of carbonyl (C=O) groups is 2. The second kappa shape index (κ2) is 14.4. The smallest absolute Gasteiger partial charge is 0.413 e. The molecule has 1 unspecified atom stereocenters. The Labute approximate surface area is 175 Å². The Morgan fingerprint density at radius 2 is 1.45 bits per heavy atom. The molecule has 0 heterocycles. The molecule has 0 saturated heterocycles. The molecule has 0 radical (unpaired) electrons. The molecule has 1 amide bonds. The number of hydrogen-bond donors (Lipinski definition) is 0. The van der Waals surface area contributed by atoms with Gasteiger partial charge in [0.1, 0.15) is 0 Å². The lowest BCUT2D eigenvalue weighted by Crippen LogP contribution is -2.35. The van der Waals surface area contributed by atoms with Gasteiger partial charge in [-0.1, -0.05) is 82.3 Å². The molecule has 0 aliphatic rings. The van der Waals surface area contributed by atoms with Crippen LogP contribution in [-0.2, 0) is 14.3 Å². The van der Waals surface area contributed by atoms with E-state index in [9.17, 15) is 9.59 Å². The molecule has 1 rings (SSSR count). The third-order valence-electron chi connectivity index (χ3n) is 4.17. The first-order chi connectivity index (χ1) is 14.0. The van der Waals surface area contributed by atoms with Crippen LogP contribution in [-0.4, -0.2) is 30.1 Å². The van der Waals surface area contributed by atoms with Crippen molar-refractivity contribution >= 4 is 12.1 Å². The topological polar surface area (TPSA) is 55.8 Å². The van der Waals surface area contributed by atoms with Crippen LogP contribution in [0.1, 0.15) is 65.2 Å². The highest BCUT2D eigenvalue weighted by molar-refractivity contribution is 5.72. The third kappa shape index (κ3) is 9.97. The molecule has 0 aliphatic heterocycles. The van der Waals surface area contributed by atoms with Crippen LogP contribution in [0.4, 0.5) is 4.79 Å². The Morgan fingerprint density at radius 3 is 1.93 bits per heavy atom. The molecule has 5 heteroatoms. The van der Waals surface area contributed by atoms with Crippen LogP contribution in [0.2, 0.25) is 0 Å². The number of benzene rings is 1. The average molecular weight is 402 g/mol. The SMILES string of the molecule is CCC=CCCN(CCC=CCC)C(=O)OC(OC(=O)C(C)C)c1ccccc1. The van der Waals surface area contributed by atoms with E-state index in [1.807, 2.05) is 18.2 Å². The normalized spacial score (nSPS) is 12.4. The van der Waals surface area contributed by atoms with E-state index in [-0.39, 0.29) is 5.92 Å². The molecular formula is C24H35NO4. The molecule has 0 N–H and O–H groups in total. The van der Waals surface area contributed by atoms with E-state index in [1.165, 1.54) is 0 Å². The van der Waals surface area contributed by atoms with Gasteiger partial charge in [-0.2, -0.15) is 0 Å². The van der Waals surface area contributed by atoms with Crippen LogP contribution in [0.3, 0.4) is 0 Å². The fraction of sp³-hybridized carbons (Fsp3) is 0.500. The molecule has 0 bridgehead atoms. The molecule has 1 aromatic rings. The first kappa shape index (κ1) is 24.5. The second-order valence-corrected chi connectivity index (χ2v) is 7.04. The number of esters is 1. The van der Waals surface area contributed by atoms with Gasteiger partial charge in [-0.3, -0.25) is 4.79 Å². The van der Waals surface area contributed by atoms with E-state index in [0.717, 1.165) is 25.7 Å². The quantitative estimate of drug-likeness (QED) is 0.243. The van der Waals surface area contributed by atoms with Crippen molar-refractivity contribution in [1.82, 2.24) is 4.90 Å². The molecule has 5 nitrogen and oxygen atoms in total. The number of ether oxygens (including phenoxy) is 2. The van der Waals surface area contributed by atoms with Crippen molar-refractivity contribution in [2.75, 3.05) is 13.1 Å².